The Balaban J connectivity index is 1.74. The van der Waals surface area contributed by atoms with E-state index < -0.39 is 10.0 Å². The molecule has 1 atom stereocenters. The Labute approximate surface area is 53.9 Å². The smallest absolute Gasteiger partial charge is 0.293 e. The van der Waals surface area contributed by atoms with Crippen LogP contribution >= 0.6 is 0 Å². The molecule has 0 radical (unpaired) electrons. The summed E-state index contributed by atoms with van der Waals surface area (Å²) < 4.78 is 15.0. The molecule has 0 aromatic carbocycles. The summed E-state index contributed by atoms with van der Waals surface area (Å²) in [6.45, 7) is 1.64. The van der Waals surface area contributed by atoms with E-state index in [0.717, 1.165) is 23.7 Å². The lowest BCUT2D eigenvalue weighted by atomic mass is 10.5. The van der Waals surface area contributed by atoms with Crippen molar-refractivity contribution in [2.75, 3.05) is 13.2 Å². The van der Waals surface area contributed by atoms with Crippen molar-refractivity contribution in [1.29, 1.82) is 0 Å². The molecule has 0 N–H and O–H groups in total. The first-order valence-electron chi connectivity index (χ1n) is 2.62. The Kier molecular flexibility index (Phi) is 2.70. The Hall–Kier alpha value is 0.314. The lowest BCUT2D eigenvalue weighted by molar-refractivity contribution is 0.249. The molecular weight excluding hydrogens is 140 g/mol. The monoisotopic (exact) mass is 150 g/mol. The fourth-order valence-electron chi connectivity index (χ4n) is 0.427. The summed E-state index contributed by atoms with van der Waals surface area (Å²) in [5.74, 6) is 0. The van der Waals surface area contributed by atoms with Crippen LogP contribution in [0.15, 0.2) is 0 Å². The molecule has 0 saturated carbocycles. The first-order chi connectivity index (χ1) is 3.93. The summed E-state index contributed by atoms with van der Waals surface area (Å²) in [6, 6.07) is 0. The SMILES string of the molecule is [SiH3]O[SiH2]OCC1CO1. The molecule has 1 unspecified atom stereocenters. The molecule has 1 fully saturated rings. The third kappa shape index (κ3) is 2.58. The van der Waals surface area contributed by atoms with E-state index in [2.05, 4.69) is 0 Å². The highest BCUT2D eigenvalue weighted by Crippen LogP contribution is 2.07. The normalized spacial score (nSPS) is 27.8. The Morgan fingerprint density at radius 2 is 2.62 bits per heavy atom. The molecule has 1 heterocycles. The van der Waals surface area contributed by atoms with E-state index in [9.17, 15) is 0 Å². The van der Waals surface area contributed by atoms with Gasteiger partial charge >= 0.3 is 0 Å². The molecule has 48 valence electrons. The highest BCUT2D eigenvalue weighted by atomic mass is 28.3. The predicted molar refractivity (Wildman–Crippen MR) is 35.3 cm³/mol. The fraction of sp³-hybridized carbons (Fsp3) is 1.00. The predicted octanol–water partition coefficient (Wildman–Crippen LogP) is -2.30. The molecule has 0 aromatic rings. The van der Waals surface area contributed by atoms with Gasteiger partial charge in [0, 0.05) is 0 Å². The van der Waals surface area contributed by atoms with Crippen LogP contribution < -0.4 is 0 Å². The van der Waals surface area contributed by atoms with E-state index >= 15 is 0 Å². The van der Waals surface area contributed by atoms with E-state index in [1.807, 2.05) is 0 Å². The van der Waals surface area contributed by atoms with E-state index in [-0.39, 0.29) is 0 Å². The first-order valence-corrected chi connectivity index (χ1v) is 4.59. The van der Waals surface area contributed by atoms with Gasteiger partial charge in [-0.3, -0.25) is 0 Å². The van der Waals surface area contributed by atoms with Crippen molar-refractivity contribution in [3.63, 3.8) is 0 Å². The zero-order valence-corrected chi connectivity index (χ0v) is 8.34. The van der Waals surface area contributed by atoms with E-state index in [1.165, 1.54) is 0 Å². The third-order valence-corrected chi connectivity index (χ3v) is 2.25. The van der Waals surface area contributed by atoms with Crippen LogP contribution in [0.5, 0.6) is 0 Å². The molecule has 0 bridgehead atoms. The zero-order valence-electron chi connectivity index (χ0n) is 4.92. The molecule has 1 saturated heterocycles. The molecule has 0 spiro atoms. The molecule has 1 aliphatic heterocycles. The Bertz CT molecular complexity index is 65.5. The van der Waals surface area contributed by atoms with E-state index in [4.69, 9.17) is 13.3 Å². The summed E-state index contributed by atoms with van der Waals surface area (Å²) in [4.78, 5) is 0. The van der Waals surface area contributed by atoms with Gasteiger partial charge in [-0.05, 0) is 0 Å². The molecule has 3 nitrogen and oxygen atoms in total. The number of epoxide rings is 1. The van der Waals surface area contributed by atoms with Crippen molar-refractivity contribution in [2.24, 2.45) is 0 Å². The van der Waals surface area contributed by atoms with Gasteiger partial charge in [0.2, 0.25) is 0 Å². The average molecular weight is 150 g/mol. The number of hydrogen-bond acceptors (Lipinski definition) is 3. The second-order valence-electron chi connectivity index (χ2n) is 1.73. The van der Waals surface area contributed by atoms with Crippen molar-refractivity contribution < 1.29 is 13.3 Å². The minimum atomic E-state index is -0.599. The minimum Gasteiger partial charge on any atom is -0.449 e. The van der Waals surface area contributed by atoms with Crippen molar-refractivity contribution in [3.8, 4) is 0 Å². The standard InChI is InChI=1S/C3H10O3Si2/c7-6-8-5-2-3-1-4-3/h3H,1-2,8H2,7H3. The maximum Gasteiger partial charge on any atom is 0.293 e. The Morgan fingerprint density at radius 1 is 1.88 bits per heavy atom. The van der Waals surface area contributed by atoms with Crippen molar-refractivity contribution in [1.82, 2.24) is 0 Å². The van der Waals surface area contributed by atoms with Crippen LogP contribution in [0.25, 0.3) is 0 Å². The van der Waals surface area contributed by atoms with Gasteiger partial charge in [-0.1, -0.05) is 0 Å². The van der Waals surface area contributed by atoms with Crippen molar-refractivity contribution >= 4 is 20.5 Å². The van der Waals surface area contributed by atoms with Crippen LogP contribution in [-0.2, 0) is 13.3 Å². The maximum atomic E-state index is 5.13. The molecule has 8 heavy (non-hydrogen) atoms. The second-order valence-corrected chi connectivity index (χ2v) is 4.69. The highest BCUT2D eigenvalue weighted by molar-refractivity contribution is 6.27. The summed E-state index contributed by atoms with van der Waals surface area (Å²) in [6.07, 6.45) is 0.402. The highest BCUT2D eigenvalue weighted by Gasteiger charge is 2.21. The van der Waals surface area contributed by atoms with Crippen molar-refractivity contribution in [3.05, 3.63) is 0 Å². The molecule has 0 aromatic heterocycles. The van der Waals surface area contributed by atoms with E-state index in [1.54, 1.807) is 0 Å². The van der Waals surface area contributed by atoms with Crippen LogP contribution in [0.4, 0.5) is 0 Å². The quantitative estimate of drug-likeness (QED) is 0.256. The van der Waals surface area contributed by atoms with Crippen LogP contribution in [-0.4, -0.2) is 39.8 Å². The van der Waals surface area contributed by atoms with Gasteiger partial charge in [-0.2, -0.15) is 0 Å². The number of ether oxygens (including phenoxy) is 1. The topological polar surface area (TPSA) is 31.0 Å². The molecule has 5 heteroatoms. The minimum absolute atomic E-state index is 0.402. The number of hydrogen-bond donors (Lipinski definition) is 0. The van der Waals surface area contributed by atoms with Gasteiger partial charge in [0.15, 0.2) is 0 Å². The lowest BCUT2D eigenvalue weighted by Crippen LogP contribution is -2.07. The Morgan fingerprint density at radius 3 is 3.12 bits per heavy atom. The van der Waals surface area contributed by atoms with Gasteiger partial charge in [-0.15, -0.1) is 0 Å². The largest absolute Gasteiger partial charge is 0.449 e. The third-order valence-electron chi connectivity index (χ3n) is 0.907. The number of rotatable bonds is 4. The molecule has 1 rings (SSSR count). The van der Waals surface area contributed by atoms with Crippen LogP contribution in [0, 0.1) is 0 Å². The lowest BCUT2D eigenvalue weighted by Gasteiger charge is -1.96. The summed E-state index contributed by atoms with van der Waals surface area (Å²) in [5, 5.41) is 0. The van der Waals surface area contributed by atoms with Crippen LogP contribution in [0.1, 0.15) is 0 Å². The van der Waals surface area contributed by atoms with Gasteiger partial charge in [0.1, 0.15) is 16.6 Å². The van der Waals surface area contributed by atoms with Crippen LogP contribution in [0.2, 0.25) is 0 Å². The first kappa shape index (κ1) is 6.43. The van der Waals surface area contributed by atoms with Gasteiger partial charge in [0.05, 0.1) is 13.2 Å². The molecular formula is C3H10O3Si2. The maximum absolute atomic E-state index is 5.13. The average Bonchev–Trinajstić information content (AvgIpc) is 2.51. The second kappa shape index (κ2) is 3.36. The van der Waals surface area contributed by atoms with Crippen LogP contribution in [0.3, 0.4) is 0 Å². The summed E-state index contributed by atoms with van der Waals surface area (Å²) in [5.41, 5.74) is 0. The van der Waals surface area contributed by atoms with Gasteiger partial charge < -0.3 is 13.3 Å². The summed E-state index contributed by atoms with van der Waals surface area (Å²) in [7, 11) is 0.216. The summed E-state index contributed by atoms with van der Waals surface area (Å²) >= 11 is 0. The molecule has 1 aliphatic rings. The fourth-order valence-corrected chi connectivity index (χ4v) is 1.45. The van der Waals surface area contributed by atoms with Crippen molar-refractivity contribution in [2.45, 2.75) is 6.10 Å². The zero-order chi connectivity index (χ0) is 5.82. The molecule has 0 amide bonds. The molecule has 0 aliphatic carbocycles. The van der Waals surface area contributed by atoms with E-state index in [0.29, 0.717) is 6.10 Å². The van der Waals surface area contributed by atoms with Gasteiger partial charge in [0.25, 0.3) is 10.0 Å². The van der Waals surface area contributed by atoms with Gasteiger partial charge in [-0.25, -0.2) is 0 Å².